The predicted octanol–water partition coefficient (Wildman–Crippen LogP) is 4.27. The average Bonchev–Trinajstić information content (AvgIpc) is 3.07. The monoisotopic (exact) mass is 319 g/mol. The van der Waals surface area contributed by atoms with Gasteiger partial charge in [-0.25, -0.2) is 4.98 Å². The summed E-state index contributed by atoms with van der Waals surface area (Å²) in [5.41, 5.74) is 2.27. The van der Waals surface area contributed by atoms with Crippen LogP contribution < -0.4 is 5.32 Å². The molecule has 0 saturated carbocycles. The lowest BCUT2D eigenvalue weighted by atomic mass is 10.1. The number of rotatable bonds is 5. The van der Waals surface area contributed by atoms with Crippen LogP contribution in [0.25, 0.3) is 11.0 Å². The van der Waals surface area contributed by atoms with E-state index >= 15 is 0 Å². The second-order valence-electron chi connectivity index (χ2n) is 4.95. The molecular formula is C16H18ClN3S. The number of likely N-dealkylation sites (N-methyl/N-ethyl adjacent to an activating group) is 1. The van der Waals surface area contributed by atoms with Crippen molar-refractivity contribution in [2.45, 2.75) is 25.9 Å². The fourth-order valence-electron chi connectivity index (χ4n) is 2.68. The second-order valence-corrected chi connectivity index (χ2v) is 6.69. The van der Waals surface area contributed by atoms with Gasteiger partial charge in [-0.1, -0.05) is 23.7 Å². The Balaban J connectivity index is 1.96. The molecule has 5 heteroatoms. The molecule has 2 heterocycles. The third-order valence-electron chi connectivity index (χ3n) is 3.72. The number of imidazole rings is 1. The first kappa shape index (κ1) is 14.6. The lowest BCUT2D eigenvalue weighted by Gasteiger charge is -2.15. The molecule has 1 atom stereocenters. The minimum Gasteiger partial charge on any atom is -0.328 e. The molecule has 3 rings (SSSR count). The summed E-state index contributed by atoms with van der Waals surface area (Å²) in [6.07, 6.45) is 0.857. The predicted molar refractivity (Wildman–Crippen MR) is 90.2 cm³/mol. The van der Waals surface area contributed by atoms with Crippen molar-refractivity contribution < 1.29 is 0 Å². The van der Waals surface area contributed by atoms with Gasteiger partial charge in [-0.3, -0.25) is 0 Å². The number of para-hydroxylation sites is 2. The van der Waals surface area contributed by atoms with Crippen LogP contribution in [0.1, 0.15) is 23.7 Å². The number of hydrogen-bond acceptors (Lipinski definition) is 3. The van der Waals surface area contributed by atoms with Crippen LogP contribution in [0.15, 0.2) is 36.4 Å². The van der Waals surface area contributed by atoms with Crippen molar-refractivity contribution in [3.63, 3.8) is 0 Å². The summed E-state index contributed by atoms with van der Waals surface area (Å²) in [6, 6.07) is 12.6. The quantitative estimate of drug-likeness (QED) is 0.761. The van der Waals surface area contributed by atoms with Gasteiger partial charge in [0, 0.05) is 23.9 Å². The lowest BCUT2D eigenvalue weighted by Crippen LogP contribution is -2.19. The Bertz CT molecular complexity index is 747. The topological polar surface area (TPSA) is 29.9 Å². The van der Waals surface area contributed by atoms with E-state index in [2.05, 4.69) is 41.1 Å². The standard InChI is InChI=1S/C16H18ClN3S/c1-3-20-13-7-5-4-6-11(13)19-16(20)10-12(18-2)14-8-9-15(17)21-14/h4-9,12,18H,3,10H2,1-2H3. The lowest BCUT2D eigenvalue weighted by molar-refractivity contribution is 0.564. The zero-order chi connectivity index (χ0) is 14.8. The van der Waals surface area contributed by atoms with Crippen molar-refractivity contribution in [3.8, 4) is 0 Å². The van der Waals surface area contributed by atoms with Crippen LogP contribution in [0, 0.1) is 0 Å². The van der Waals surface area contributed by atoms with Gasteiger partial charge < -0.3 is 9.88 Å². The molecule has 3 aromatic rings. The van der Waals surface area contributed by atoms with E-state index in [0.29, 0.717) is 0 Å². The molecule has 1 aromatic carbocycles. The summed E-state index contributed by atoms with van der Waals surface area (Å²) < 4.78 is 3.11. The van der Waals surface area contributed by atoms with Gasteiger partial charge in [0.1, 0.15) is 5.82 Å². The normalized spacial score (nSPS) is 12.9. The zero-order valence-corrected chi connectivity index (χ0v) is 13.7. The Labute approximate surface area is 133 Å². The third-order valence-corrected chi connectivity index (χ3v) is 5.07. The molecule has 110 valence electrons. The van der Waals surface area contributed by atoms with Crippen molar-refractivity contribution in [2.75, 3.05) is 7.05 Å². The molecule has 2 aromatic heterocycles. The van der Waals surface area contributed by atoms with Crippen LogP contribution in [0.3, 0.4) is 0 Å². The van der Waals surface area contributed by atoms with E-state index < -0.39 is 0 Å². The molecule has 1 N–H and O–H groups in total. The highest BCUT2D eigenvalue weighted by Gasteiger charge is 2.17. The van der Waals surface area contributed by atoms with Gasteiger partial charge in [0.15, 0.2) is 0 Å². The molecule has 3 nitrogen and oxygen atoms in total. The molecule has 0 bridgehead atoms. The molecule has 0 fully saturated rings. The van der Waals surface area contributed by atoms with Crippen LogP contribution in [0.5, 0.6) is 0 Å². The molecule has 0 radical (unpaired) electrons. The van der Waals surface area contributed by atoms with Gasteiger partial charge in [0.05, 0.1) is 15.4 Å². The Morgan fingerprint density at radius 1 is 1.29 bits per heavy atom. The van der Waals surface area contributed by atoms with Gasteiger partial charge >= 0.3 is 0 Å². The summed E-state index contributed by atoms with van der Waals surface area (Å²) >= 11 is 7.68. The summed E-state index contributed by atoms with van der Waals surface area (Å²) in [5.74, 6) is 1.11. The smallest absolute Gasteiger partial charge is 0.111 e. The maximum atomic E-state index is 6.06. The minimum atomic E-state index is 0.240. The van der Waals surface area contributed by atoms with Crippen LogP contribution in [0.2, 0.25) is 4.34 Å². The summed E-state index contributed by atoms with van der Waals surface area (Å²) in [4.78, 5) is 6.05. The van der Waals surface area contributed by atoms with Crippen molar-refractivity contribution in [1.29, 1.82) is 0 Å². The number of aryl methyl sites for hydroxylation is 1. The highest BCUT2D eigenvalue weighted by Crippen LogP contribution is 2.29. The number of hydrogen-bond donors (Lipinski definition) is 1. The van der Waals surface area contributed by atoms with Gasteiger partial charge in [-0.05, 0) is 38.2 Å². The van der Waals surface area contributed by atoms with Gasteiger partial charge in [0.2, 0.25) is 0 Å². The van der Waals surface area contributed by atoms with Gasteiger partial charge in [-0.2, -0.15) is 0 Å². The van der Waals surface area contributed by atoms with E-state index in [9.17, 15) is 0 Å². The largest absolute Gasteiger partial charge is 0.328 e. The fourth-order valence-corrected chi connectivity index (χ4v) is 3.85. The third kappa shape index (κ3) is 2.84. The molecule has 0 aliphatic carbocycles. The molecule has 0 saturated heterocycles. The highest BCUT2D eigenvalue weighted by molar-refractivity contribution is 7.16. The van der Waals surface area contributed by atoms with Crippen molar-refractivity contribution >= 4 is 34.0 Å². The Kier molecular flexibility index (Phi) is 4.29. The molecular weight excluding hydrogens is 302 g/mol. The number of nitrogens with one attached hydrogen (secondary N) is 1. The van der Waals surface area contributed by atoms with Crippen molar-refractivity contribution in [2.24, 2.45) is 0 Å². The Morgan fingerprint density at radius 2 is 2.10 bits per heavy atom. The first-order valence-corrected chi connectivity index (χ1v) is 8.29. The van der Waals surface area contributed by atoms with Gasteiger partial charge in [0.25, 0.3) is 0 Å². The van der Waals surface area contributed by atoms with E-state index in [-0.39, 0.29) is 6.04 Å². The summed E-state index contributed by atoms with van der Waals surface area (Å²) in [5, 5.41) is 3.37. The van der Waals surface area contributed by atoms with E-state index in [1.165, 1.54) is 10.4 Å². The Morgan fingerprint density at radius 3 is 2.76 bits per heavy atom. The SMILES string of the molecule is CCn1c(CC(NC)c2ccc(Cl)s2)nc2ccccc21. The first-order valence-electron chi connectivity index (χ1n) is 7.09. The number of nitrogens with zero attached hydrogens (tertiary/aromatic N) is 2. The Hall–Kier alpha value is -1.36. The molecule has 0 spiro atoms. The molecule has 1 unspecified atom stereocenters. The maximum Gasteiger partial charge on any atom is 0.111 e. The molecule has 0 amide bonds. The highest BCUT2D eigenvalue weighted by atomic mass is 35.5. The van der Waals surface area contributed by atoms with E-state index in [1.54, 1.807) is 11.3 Å². The van der Waals surface area contributed by atoms with Crippen molar-refractivity contribution in [1.82, 2.24) is 14.9 Å². The summed E-state index contributed by atoms with van der Waals surface area (Å²) in [7, 11) is 1.98. The molecule has 0 aliphatic heterocycles. The number of thiophene rings is 1. The first-order chi connectivity index (χ1) is 10.2. The molecule has 0 aliphatic rings. The van der Waals surface area contributed by atoms with Crippen LogP contribution >= 0.6 is 22.9 Å². The summed E-state index contributed by atoms with van der Waals surface area (Å²) in [6.45, 7) is 3.09. The van der Waals surface area contributed by atoms with E-state index in [1.807, 2.05) is 19.2 Å². The van der Waals surface area contributed by atoms with Crippen molar-refractivity contribution in [3.05, 3.63) is 51.4 Å². The van der Waals surface area contributed by atoms with E-state index in [4.69, 9.17) is 16.6 Å². The van der Waals surface area contributed by atoms with Crippen LogP contribution in [-0.2, 0) is 13.0 Å². The van der Waals surface area contributed by atoms with Crippen LogP contribution in [-0.4, -0.2) is 16.6 Å². The average molecular weight is 320 g/mol. The number of benzene rings is 1. The second kappa shape index (κ2) is 6.18. The number of halogens is 1. The maximum absolute atomic E-state index is 6.06. The zero-order valence-electron chi connectivity index (χ0n) is 12.1. The number of fused-ring (bicyclic) bond motifs is 1. The van der Waals surface area contributed by atoms with E-state index in [0.717, 1.165) is 28.6 Å². The fraction of sp³-hybridized carbons (Fsp3) is 0.312. The van der Waals surface area contributed by atoms with Gasteiger partial charge in [-0.15, -0.1) is 11.3 Å². The van der Waals surface area contributed by atoms with Crippen LogP contribution in [0.4, 0.5) is 0 Å². The molecule has 21 heavy (non-hydrogen) atoms. The minimum absolute atomic E-state index is 0.240. The number of aromatic nitrogens is 2.